The number of benzene rings is 3. The van der Waals surface area contributed by atoms with Crippen LogP contribution in [0, 0.1) is 0 Å². The van der Waals surface area contributed by atoms with Gasteiger partial charge < -0.3 is 24.8 Å². The normalized spacial score (nSPS) is 12.2. The molecule has 0 unspecified atom stereocenters. The Labute approximate surface area is 192 Å². The van der Waals surface area contributed by atoms with Crippen molar-refractivity contribution >= 4 is 17.5 Å². The van der Waals surface area contributed by atoms with Crippen LogP contribution in [0.1, 0.15) is 28.4 Å². The molecule has 1 aliphatic rings. The van der Waals surface area contributed by atoms with E-state index in [0.29, 0.717) is 28.5 Å². The lowest BCUT2D eigenvalue weighted by atomic mass is 10.1. The van der Waals surface area contributed by atoms with Crippen LogP contribution in [0.3, 0.4) is 0 Å². The fourth-order valence-corrected chi connectivity index (χ4v) is 4.01. The first-order valence-corrected chi connectivity index (χ1v) is 10.6. The first-order valence-electron chi connectivity index (χ1n) is 10.6. The number of rotatable bonds is 7. The summed E-state index contributed by atoms with van der Waals surface area (Å²) < 4.78 is 15.9. The molecule has 1 aliphatic carbocycles. The lowest BCUT2D eigenvalue weighted by Crippen LogP contribution is -2.41. The van der Waals surface area contributed by atoms with E-state index >= 15 is 0 Å². The number of hydrogen-bond acceptors (Lipinski definition) is 5. The van der Waals surface area contributed by atoms with Crippen LogP contribution >= 0.6 is 0 Å². The number of carbonyl (C=O) groups excluding carboxylic acids is 2. The fraction of sp³-hybridized carbons (Fsp3) is 0.231. The molecule has 0 aromatic heterocycles. The van der Waals surface area contributed by atoms with Gasteiger partial charge in [0.15, 0.2) is 11.5 Å². The average Bonchev–Trinajstić information content (AvgIpc) is 3.20. The van der Waals surface area contributed by atoms with Crippen molar-refractivity contribution in [1.82, 2.24) is 5.32 Å². The molecule has 0 heterocycles. The SMILES string of the molecule is COc1cc(C(=O)N[C@H](C)C(=O)Nc2ccc3c(c2)-c2ccccc2C3)cc(OC)c1OC. The van der Waals surface area contributed by atoms with Crippen LogP contribution in [0.25, 0.3) is 11.1 Å². The summed E-state index contributed by atoms with van der Waals surface area (Å²) in [7, 11) is 4.44. The lowest BCUT2D eigenvalue weighted by molar-refractivity contribution is -0.117. The molecule has 2 amide bonds. The van der Waals surface area contributed by atoms with E-state index in [2.05, 4.69) is 22.8 Å². The van der Waals surface area contributed by atoms with Gasteiger partial charge in [0.05, 0.1) is 21.3 Å². The van der Waals surface area contributed by atoms with Gasteiger partial charge in [-0.3, -0.25) is 9.59 Å². The van der Waals surface area contributed by atoms with Gasteiger partial charge in [0.1, 0.15) is 6.04 Å². The molecule has 7 nitrogen and oxygen atoms in total. The van der Waals surface area contributed by atoms with Gasteiger partial charge in [-0.05, 0) is 59.9 Å². The quantitative estimate of drug-likeness (QED) is 0.448. The molecular weight excluding hydrogens is 420 g/mol. The van der Waals surface area contributed by atoms with E-state index in [-0.39, 0.29) is 5.91 Å². The van der Waals surface area contributed by atoms with Gasteiger partial charge >= 0.3 is 0 Å². The van der Waals surface area contributed by atoms with Crippen LogP contribution in [0.2, 0.25) is 0 Å². The summed E-state index contributed by atoms with van der Waals surface area (Å²) in [5, 5.41) is 5.62. The second-order valence-corrected chi connectivity index (χ2v) is 7.80. The average molecular weight is 447 g/mol. The number of carbonyl (C=O) groups is 2. The molecule has 33 heavy (non-hydrogen) atoms. The van der Waals surface area contributed by atoms with Gasteiger partial charge in [-0.25, -0.2) is 0 Å². The van der Waals surface area contributed by atoms with Crippen molar-refractivity contribution in [1.29, 1.82) is 0 Å². The highest BCUT2D eigenvalue weighted by atomic mass is 16.5. The third-order valence-corrected chi connectivity index (χ3v) is 5.73. The zero-order chi connectivity index (χ0) is 23.5. The Morgan fingerprint density at radius 3 is 2.18 bits per heavy atom. The largest absolute Gasteiger partial charge is 0.493 e. The van der Waals surface area contributed by atoms with Gasteiger partial charge in [0.25, 0.3) is 5.91 Å². The van der Waals surface area contributed by atoms with Gasteiger partial charge in [-0.1, -0.05) is 30.3 Å². The first-order chi connectivity index (χ1) is 15.9. The van der Waals surface area contributed by atoms with Gasteiger partial charge in [-0.15, -0.1) is 0 Å². The van der Waals surface area contributed by atoms with Crippen molar-refractivity contribution in [2.75, 3.05) is 26.6 Å². The minimum atomic E-state index is -0.767. The number of hydrogen-bond donors (Lipinski definition) is 2. The third-order valence-electron chi connectivity index (χ3n) is 5.73. The smallest absolute Gasteiger partial charge is 0.252 e. The van der Waals surface area contributed by atoms with Gasteiger partial charge in [0.2, 0.25) is 11.7 Å². The predicted molar refractivity (Wildman–Crippen MR) is 126 cm³/mol. The summed E-state index contributed by atoms with van der Waals surface area (Å²) in [4.78, 5) is 25.6. The van der Waals surface area contributed by atoms with Crippen LogP contribution in [-0.2, 0) is 11.2 Å². The Morgan fingerprint density at radius 2 is 1.52 bits per heavy atom. The maximum Gasteiger partial charge on any atom is 0.252 e. The van der Waals surface area contributed by atoms with E-state index in [4.69, 9.17) is 14.2 Å². The molecule has 4 rings (SSSR count). The molecule has 2 N–H and O–H groups in total. The van der Waals surface area contributed by atoms with E-state index in [1.807, 2.05) is 30.3 Å². The number of anilines is 1. The summed E-state index contributed by atoms with van der Waals surface area (Å²) >= 11 is 0. The lowest BCUT2D eigenvalue weighted by Gasteiger charge is -2.17. The van der Waals surface area contributed by atoms with Crippen molar-refractivity contribution in [2.24, 2.45) is 0 Å². The highest BCUT2D eigenvalue weighted by molar-refractivity contribution is 6.02. The Balaban J connectivity index is 1.46. The number of amides is 2. The van der Waals surface area contributed by atoms with Crippen molar-refractivity contribution in [2.45, 2.75) is 19.4 Å². The summed E-state index contributed by atoms with van der Waals surface area (Å²) in [6.45, 7) is 1.63. The molecule has 3 aromatic carbocycles. The maximum absolute atomic E-state index is 12.8. The Hall–Kier alpha value is -4.00. The van der Waals surface area contributed by atoms with Gasteiger partial charge in [0, 0.05) is 11.3 Å². The van der Waals surface area contributed by atoms with Crippen molar-refractivity contribution in [3.63, 3.8) is 0 Å². The van der Waals surface area contributed by atoms with Gasteiger partial charge in [-0.2, -0.15) is 0 Å². The maximum atomic E-state index is 12.8. The monoisotopic (exact) mass is 446 g/mol. The number of methoxy groups -OCH3 is 3. The highest BCUT2D eigenvalue weighted by Gasteiger charge is 2.22. The molecule has 0 fully saturated rings. The van der Waals surface area contributed by atoms with Crippen LogP contribution in [0.15, 0.2) is 54.6 Å². The fourth-order valence-electron chi connectivity index (χ4n) is 4.01. The molecule has 1 atom stereocenters. The Kier molecular flexibility index (Phi) is 6.22. The zero-order valence-electron chi connectivity index (χ0n) is 19.0. The summed E-state index contributed by atoms with van der Waals surface area (Å²) in [5.74, 6) is 0.359. The Morgan fingerprint density at radius 1 is 0.848 bits per heavy atom. The molecule has 0 bridgehead atoms. The molecule has 7 heteroatoms. The summed E-state index contributed by atoms with van der Waals surface area (Å²) in [6, 6.07) is 16.5. The topological polar surface area (TPSA) is 85.9 Å². The molecule has 0 aliphatic heterocycles. The van der Waals surface area contributed by atoms with Crippen molar-refractivity contribution in [3.05, 3.63) is 71.3 Å². The van der Waals surface area contributed by atoms with Crippen LogP contribution in [0.4, 0.5) is 5.69 Å². The van der Waals surface area contributed by atoms with E-state index in [9.17, 15) is 9.59 Å². The minimum Gasteiger partial charge on any atom is -0.493 e. The molecule has 3 aromatic rings. The highest BCUT2D eigenvalue weighted by Crippen LogP contribution is 2.39. The van der Waals surface area contributed by atoms with E-state index in [1.165, 1.54) is 38.0 Å². The van der Waals surface area contributed by atoms with E-state index < -0.39 is 11.9 Å². The second kappa shape index (κ2) is 9.24. The summed E-state index contributed by atoms with van der Waals surface area (Å²) in [5.41, 5.74) is 5.80. The number of ether oxygens (including phenoxy) is 3. The second-order valence-electron chi connectivity index (χ2n) is 7.80. The van der Waals surface area contributed by atoms with Crippen LogP contribution in [0.5, 0.6) is 17.2 Å². The standard InChI is InChI=1S/C26H26N2O5/c1-15(27-26(30)18-12-22(31-2)24(33-4)23(13-18)32-3)25(29)28-19-10-9-17-11-16-7-5-6-8-20(16)21(17)14-19/h5-10,12-15H,11H2,1-4H3,(H,27,30)(H,28,29)/t15-/m1/s1. The van der Waals surface area contributed by atoms with Crippen molar-refractivity contribution in [3.8, 4) is 28.4 Å². The van der Waals surface area contributed by atoms with E-state index in [1.54, 1.807) is 19.1 Å². The molecular formula is C26H26N2O5. The molecule has 170 valence electrons. The molecule has 0 saturated heterocycles. The number of nitrogens with one attached hydrogen (secondary N) is 2. The van der Waals surface area contributed by atoms with Crippen LogP contribution in [-0.4, -0.2) is 39.2 Å². The number of fused-ring (bicyclic) bond motifs is 3. The van der Waals surface area contributed by atoms with E-state index in [0.717, 1.165) is 12.0 Å². The first kappa shape index (κ1) is 22.2. The summed E-state index contributed by atoms with van der Waals surface area (Å²) in [6.07, 6.45) is 0.890. The zero-order valence-corrected chi connectivity index (χ0v) is 19.0. The molecule has 0 spiro atoms. The Bertz CT molecular complexity index is 1200. The van der Waals surface area contributed by atoms with Crippen molar-refractivity contribution < 1.29 is 23.8 Å². The molecule has 0 radical (unpaired) electrons. The predicted octanol–water partition coefficient (Wildman–Crippen LogP) is 4.04. The minimum absolute atomic E-state index is 0.290. The van der Waals surface area contributed by atoms with Crippen LogP contribution < -0.4 is 24.8 Å². The molecule has 0 saturated carbocycles. The third kappa shape index (κ3) is 4.35.